The van der Waals surface area contributed by atoms with Gasteiger partial charge in [0.15, 0.2) is 11.2 Å². The molecule has 0 spiro atoms. The predicted octanol–water partition coefficient (Wildman–Crippen LogP) is 4.54. The van der Waals surface area contributed by atoms with E-state index in [2.05, 4.69) is 11.3 Å². The molecule has 1 aliphatic rings. The van der Waals surface area contributed by atoms with E-state index in [0.29, 0.717) is 31.8 Å². The Hall–Kier alpha value is -2.79. The van der Waals surface area contributed by atoms with Gasteiger partial charge in [-0.2, -0.15) is 0 Å². The Morgan fingerprint density at radius 3 is 2.74 bits per heavy atom. The van der Waals surface area contributed by atoms with E-state index in [9.17, 15) is 18.5 Å². The highest BCUT2D eigenvalue weighted by Gasteiger charge is 2.32. The van der Waals surface area contributed by atoms with Crippen LogP contribution in [0.1, 0.15) is 43.6 Å². The van der Waals surface area contributed by atoms with Crippen molar-refractivity contribution in [2.24, 2.45) is 0 Å². The molecule has 0 saturated carbocycles. The van der Waals surface area contributed by atoms with Gasteiger partial charge in [0.05, 0.1) is 18.6 Å². The number of nitro groups is 1. The van der Waals surface area contributed by atoms with Crippen LogP contribution in [0.2, 0.25) is 0 Å². The maximum absolute atomic E-state index is 13.3. The second kappa shape index (κ2) is 12.8. The van der Waals surface area contributed by atoms with Crippen molar-refractivity contribution in [1.82, 2.24) is 4.72 Å². The lowest BCUT2D eigenvalue weighted by Crippen LogP contribution is -2.40. The summed E-state index contributed by atoms with van der Waals surface area (Å²) in [7, 11) is -2.64. The second-order valence-electron chi connectivity index (χ2n) is 8.32. The number of methoxy groups -OCH3 is 1. The molecule has 0 aromatic heterocycles. The molecule has 0 aliphatic carbocycles. The number of rotatable bonds is 13. The number of hydrogen-bond donors (Lipinski definition) is 1. The van der Waals surface area contributed by atoms with E-state index in [1.54, 1.807) is 13.2 Å². The highest BCUT2D eigenvalue weighted by Crippen LogP contribution is 2.31. The zero-order chi connectivity index (χ0) is 25.3. The summed E-state index contributed by atoms with van der Waals surface area (Å²) < 4.78 is 46.3. The van der Waals surface area contributed by atoms with E-state index >= 15 is 0 Å². The molecule has 2 aromatic rings. The first-order valence-corrected chi connectivity index (χ1v) is 13.1. The molecular formula is C25H32N2O7S. The van der Waals surface area contributed by atoms with Crippen LogP contribution < -0.4 is 9.46 Å². The van der Waals surface area contributed by atoms with Crippen LogP contribution in [0.15, 0.2) is 66.1 Å². The van der Waals surface area contributed by atoms with Crippen LogP contribution in [0.5, 0.6) is 5.75 Å². The Bertz CT molecular complexity index is 1100. The number of ether oxygens (including phenoxy) is 3. The van der Waals surface area contributed by atoms with Gasteiger partial charge in [0.1, 0.15) is 5.75 Å². The van der Waals surface area contributed by atoms with Crippen LogP contribution in [-0.4, -0.2) is 46.0 Å². The smallest absolute Gasteiger partial charge is 0.289 e. The van der Waals surface area contributed by atoms with Crippen molar-refractivity contribution in [1.29, 1.82) is 0 Å². The molecule has 1 heterocycles. The highest BCUT2D eigenvalue weighted by atomic mass is 32.2. The predicted molar refractivity (Wildman–Crippen MR) is 132 cm³/mol. The third-order valence-electron chi connectivity index (χ3n) is 5.96. The molecule has 0 amide bonds. The Kier molecular flexibility index (Phi) is 9.79. The monoisotopic (exact) mass is 504 g/mol. The van der Waals surface area contributed by atoms with E-state index < -0.39 is 26.7 Å². The summed E-state index contributed by atoms with van der Waals surface area (Å²) in [6, 6.07) is 12.1. The second-order valence-corrected chi connectivity index (χ2v) is 10.00. The summed E-state index contributed by atoms with van der Waals surface area (Å²) in [6.45, 7) is 4.81. The molecule has 0 radical (unpaired) electrons. The van der Waals surface area contributed by atoms with E-state index in [4.69, 9.17) is 14.2 Å². The zero-order valence-electron chi connectivity index (χ0n) is 19.8. The molecule has 3 rings (SSSR count). The maximum Gasteiger partial charge on any atom is 0.289 e. The van der Waals surface area contributed by atoms with E-state index in [1.165, 1.54) is 24.3 Å². The third-order valence-corrected chi connectivity index (χ3v) is 7.49. The Balaban J connectivity index is 1.89. The van der Waals surface area contributed by atoms with E-state index in [-0.39, 0.29) is 17.1 Å². The fraction of sp³-hybridized carbons (Fsp3) is 0.440. The lowest BCUT2D eigenvalue weighted by molar-refractivity contribution is -0.387. The number of hydrogen-bond acceptors (Lipinski definition) is 7. The van der Waals surface area contributed by atoms with Crippen molar-refractivity contribution in [3.05, 3.63) is 76.9 Å². The minimum absolute atomic E-state index is 0.267. The Morgan fingerprint density at radius 1 is 1.26 bits per heavy atom. The van der Waals surface area contributed by atoms with Gasteiger partial charge in [-0.25, -0.2) is 13.1 Å². The number of benzene rings is 2. The van der Waals surface area contributed by atoms with Crippen LogP contribution in [0.3, 0.4) is 0 Å². The van der Waals surface area contributed by atoms with Crippen molar-refractivity contribution in [2.45, 2.75) is 55.2 Å². The average Bonchev–Trinajstić information content (AvgIpc) is 2.87. The van der Waals surface area contributed by atoms with Gasteiger partial charge in [-0.1, -0.05) is 30.3 Å². The average molecular weight is 505 g/mol. The summed E-state index contributed by atoms with van der Waals surface area (Å²) in [5.41, 5.74) is 0.377. The molecule has 1 N–H and O–H groups in total. The minimum atomic E-state index is -4.21. The SMILES string of the molecule is C=CC[C@@H](NS(=O)(=O)c1ccccc1[N+](=O)[O-])[C@@H](CCOC1CCCCO1)c1cccc(OC)c1. The number of sulfonamides is 1. The van der Waals surface area contributed by atoms with Gasteiger partial charge in [-0.15, -0.1) is 6.58 Å². The largest absolute Gasteiger partial charge is 0.497 e. The molecule has 1 unspecified atom stereocenters. The van der Waals surface area contributed by atoms with Crippen LogP contribution in [0.25, 0.3) is 0 Å². The van der Waals surface area contributed by atoms with E-state index in [0.717, 1.165) is 24.8 Å². The molecule has 3 atom stereocenters. The van der Waals surface area contributed by atoms with Gasteiger partial charge in [-0.05, 0) is 55.9 Å². The van der Waals surface area contributed by atoms with Gasteiger partial charge in [0.2, 0.25) is 10.0 Å². The molecule has 35 heavy (non-hydrogen) atoms. The normalized spacial score (nSPS) is 17.9. The molecule has 9 nitrogen and oxygen atoms in total. The summed E-state index contributed by atoms with van der Waals surface area (Å²) in [6.07, 6.45) is 5.04. The van der Waals surface area contributed by atoms with Crippen LogP contribution in [0, 0.1) is 10.1 Å². The summed E-state index contributed by atoms with van der Waals surface area (Å²) in [4.78, 5) is 10.4. The first-order chi connectivity index (χ1) is 16.9. The van der Waals surface area contributed by atoms with Crippen molar-refractivity contribution in [3.8, 4) is 5.75 Å². The summed E-state index contributed by atoms with van der Waals surface area (Å²) in [5, 5.41) is 11.5. The van der Waals surface area contributed by atoms with Gasteiger partial charge in [0, 0.05) is 24.6 Å². The lowest BCUT2D eigenvalue weighted by Gasteiger charge is -2.29. The van der Waals surface area contributed by atoms with Crippen molar-refractivity contribution >= 4 is 15.7 Å². The van der Waals surface area contributed by atoms with Crippen molar-refractivity contribution in [2.75, 3.05) is 20.3 Å². The first kappa shape index (κ1) is 26.8. The Morgan fingerprint density at radius 2 is 2.06 bits per heavy atom. The zero-order valence-corrected chi connectivity index (χ0v) is 20.6. The van der Waals surface area contributed by atoms with Gasteiger partial charge < -0.3 is 14.2 Å². The molecule has 190 valence electrons. The fourth-order valence-electron chi connectivity index (χ4n) is 4.21. The molecule has 0 bridgehead atoms. The molecule has 2 aromatic carbocycles. The lowest BCUT2D eigenvalue weighted by atomic mass is 9.87. The van der Waals surface area contributed by atoms with Crippen molar-refractivity contribution in [3.63, 3.8) is 0 Å². The van der Waals surface area contributed by atoms with Crippen LogP contribution >= 0.6 is 0 Å². The van der Waals surface area contributed by atoms with Crippen molar-refractivity contribution < 1.29 is 27.6 Å². The molecule has 1 fully saturated rings. The Labute approximate surface area is 206 Å². The number of nitrogens with zero attached hydrogens (tertiary/aromatic N) is 1. The number of nitro benzene ring substituents is 1. The third kappa shape index (κ3) is 7.35. The summed E-state index contributed by atoms with van der Waals surface area (Å²) >= 11 is 0. The molecule has 1 saturated heterocycles. The topological polar surface area (TPSA) is 117 Å². The molecule has 1 aliphatic heterocycles. The fourth-order valence-corrected chi connectivity index (χ4v) is 5.68. The van der Waals surface area contributed by atoms with Gasteiger partial charge in [-0.3, -0.25) is 10.1 Å². The van der Waals surface area contributed by atoms with Crippen LogP contribution in [-0.2, 0) is 19.5 Å². The standard InChI is InChI=1S/C25H32N2O7S/c1-3-9-22(26-35(30,31)24-13-5-4-12-23(24)27(28)29)21(19-10-8-11-20(18-19)32-2)15-17-34-25-14-6-7-16-33-25/h3-5,8,10-13,18,21-22,25-26H,1,6-7,9,14-17H2,2H3/t21-,22+,25?/m0/s1. The quantitative estimate of drug-likeness (QED) is 0.242. The first-order valence-electron chi connectivity index (χ1n) is 11.6. The molecular weight excluding hydrogens is 472 g/mol. The minimum Gasteiger partial charge on any atom is -0.497 e. The van der Waals surface area contributed by atoms with Crippen LogP contribution in [0.4, 0.5) is 5.69 Å². The number of nitrogens with one attached hydrogen (secondary N) is 1. The van der Waals surface area contributed by atoms with E-state index in [1.807, 2.05) is 24.3 Å². The molecule has 10 heteroatoms. The highest BCUT2D eigenvalue weighted by molar-refractivity contribution is 7.89. The summed E-state index contributed by atoms with van der Waals surface area (Å²) in [5.74, 6) is 0.326. The van der Waals surface area contributed by atoms with Gasteiger partial charge in [0.25, 0.3) is 5.69 Å². The number of para-hydroxylation sites is 1. The maximum atomic E-state index is 13.3. The van der Waals surface area contributed by atoms with Gasteiger partial charge >= 0.3 is 0 Å².